The van der Waals surface area contributed by atoms with Gasteiger partial charge in [0.1, 0.15) is 0 Å². The van der Waals surface area contributed by atoms with Crippen LogP contribution in [0.4, 0.5) is 0 Å². The summed E-state index contributed by atoms with van der Waals surface area (Å²) < 4.78 is 2.22. The first-order chi connectivity index (χ1) is 9.58. The van der Waals surface area contributed by atoms with Gasteiger partial charge in [-0.3, -0.25) is 4.98 Å². The van der Waals surface area contributed by atoms with Crippen molar-refractivity contribution in [3.05, 3.63) is 54.6 Å². The van der Waals surface area contributed by atoms with E-state index in [2.05, 4.69) is 67.8 Å². The Hall–Kier alpha value is -1.57. The summed E-state index contributed by atoms with van der Waals surface area (Å²) in [6, 6.07) is 10.2. The van der Waals surface area contributed by atoms with E-state index in [1.54, 1.807) is 0 Å². The van der Waals surface area contributed by atoms with Gasteiger partial charge in [-0.2, -0.15) is 0 Å². The Balaban J connectivity index is 0.000000364. The summed E-state index contributed by atoms with van der Waals surface area (Å²) >= 11 is 0. The molecule has 2 aromatic heterocycles. The van der Waals surface area contributed by atoms with E-state index in [0.717, 1.165) is 18.9 Å². The van der Waals surface area contributed by atoms with Crippen molar-refractivity contribution >= 4 is 0 Å². The highest BCUT2D eigenvalue weighted by Crippen LogP contribution is 2.03. The Morgan fingerprint density at radius 3 is 2.10 bits per heavy atom. The van der Waals surface area contributed by atoms with E-state index in [1.807, 2.05) is 18.3 Å². The molecule has 0 N–H and O–H groups in total. The van der Waals surface area contributed by atoms with Crippen LogP contribution < -0.4 is 0 Å². The van der Waals surface area contributed by atoms with Crippen molar-refractivity contribution in [1.82, 2.24) is 9.55 Å². The number of rotatable bonds is 5. The van der Waals surface area contributed by atoms with Crippen molar-refractivity contribution in [2.75, 3.05) is 0 Å². The summed E-state index contributed by atoms with van der Waals surface area (Å²) in [7, 11) is 0. The standard InChI is InChI=1S/C9H15N.C9H13N.CH4/c1-9(2)5-8-10-6-3-4-7-10;1-8(2)7-9-5-3-4-6-10-9;/h3-4,6-7,9H,5,8H2,1-2H3;3-6,8H,7H2,1-2H3;1H4. The number of hydrogen-bond acceptors (Lipinski definition) is 1. The fourth-order valence-electron chi connectivity index (χ4n) is 1.86. The Morgan fingerprint density at radius 2 is 1.62 bits per heavy atom. The number of aromatic nitrogens is 2. The maximum atomic E-state index is 4.22. The molecule has 0 bridgehead atoms. The maximum absolute atomic E-state index is 4.22. The average Bonchev–Trinajstić information content (AvgIpc) is 2.90. The molecule has 118 valence electrons. The van der Waals surface area contributed by atoms with Crippen LogP contribution in [0.3, 0.4) is 0 Å². The van der Waals surface area contributed by atoms with Crippen LogP contribution >= 0.6 is 0 Å². The molecule has 0 aromatic carbocycles. The number of hydrogen-bond donors (Lipinski definition) is 0. The zero-order chi connectivity index (χ0) is 14.8. The predicted octanol–water partition coefficient (Wildman–Crippen LogP) is 5.45. The van der Waals surface area contributed by atoms with Crippen molar-refractivity contribution in [2.24, 2.45) is 11.8 Å². The first-order valence-corrected chi connectivity index (χ1v) is 7.58. The topological polar surface area (TPSA) is 17.8 Å². The molecule has 0 unspecified atom stereocenters. The molecule has 2 nitrogen and oxygen atoms in total. The third-order valence-corrected chi connectivity index (χ3v) is 2.97. The van der Waals surface area contributed by atoms with Crippen LogP contribution in [0, 0.1) is 11.8 Å². The summed E-state index contributed by atoms with van der Waals surface area (Å²) in [4.78, 5) is 4.22. The molecule has 0 spiro atoms. The molecule has 2 rings (SSSR count). The van der Waals surface area contributed by atoms with Crippen LogP contribution in [0.2, 0.25) is 0 Å². The second kappa shape index (κ2) is 11.1. The molecule has 2 aromatic rings. The molecular formula is C19H32N2. The Labute approximate surface area is 131 Å². The molecule has 0 aliphatic rings. The van der Waals surface area contributed by atoms with Crippen molar-refractivity contribution in [1.29, 1.82) is 0 Å². The van der Waals surface area contributed by atoms with Crippen molar-refractivity contribution in [3.63, 3.8) is 0 Å². The van der Waals surface area contributed by atoms with Gasteiger partial charge in [-0.1, -0.05) is 41.2 Å². The lowest BCUT2D eigenvalue weighted by molar-refractivity contribution is 0.517. The molecular weight excluding hydrogens is 256 g/mol. The van der Waals surface area contributed by atoms with E-state index >= 15 is 0 Å². The second-order valence-electron chi connectivity index (χ2n) is 6.02. The van der Waals surface area contributed by atoms with Crippen LogP contribution in [-0.4, -0.2) is 9.55 Å². The van der Waals surface area contributed by atoms with Crippen molar-refractivity contribution < 1.29 is 0 Å². The van der Waals surface area contributed by atoms with Crippen LogP contribution in [0.5, 0.6) is 0 Å². The van der Waals surface area contributed by atoms with Gasteiger partial charge >= 0.3 is 0 Å². The largest absolute Gasteiger partial charge is 0.354 e. The molecule has 0 aliphatic heterocycles. The van der Waals surface area contributed by atoms with E-state index in [1.165, 1.54) is 12.1 Å². The lowest BCUT2D eigenvalue weighted by atomic mass is 10.1. The SMILES string of the molecule is C.CC(C)CCn1cccc1.CC(C)Cc1ccccn1. The zero-order valence-electron chi connectivity index (χ0n) is 13.3. The molecule has 2 heteroatoms. The van der Waals surface area contributed by atoms with Crippen LogP contribution in [-0.2, 0) is 13.0 Å². The third-order valence-electron chi connectivity index (χ3n) is 2.97. The molecule has 2 heterocycles. The van der Waals surface area contributed by atoms with Gasteiger partial charge in [-0.25, -0.2) is 0 Å². The fraction of sp³-hybridized carbons (Fsp3) is 0.526. The first kappa shape index (κ1) is 19.4. The number of pyridine rings is 1. The number of nitrogens with zero attached hydrogens (tertiary/aromatic N) is 2. The fourth-order valence-corrected chi connectivity index (χ4v) is 1.86. The Morgan fingerprint density at radius 1 is 0.952 bits per heavy atom. The summed E-state index contributed by atoms with van der Waals surface area (Å²) in [6.45, 7) is 10.1. The van der Waals surface area contributed by atoms with Crippen LogP contribution in [0.15, 0.2) is 48.9 Å². The van der Waals surface area contributed by atoms with Gasteiger partial charge < -0.3 is 4.57 Å². The van der Waals surface area contributed by atoms with Crippen LogP contribution in [0.25, 0.3) is 0 Å². The predicted molar refractivity (Wildman–Crippen MR) is 93.4 cm³/mol. The molecule has 0 amide bonds. The van der Waals surface area contributed by atoms with Crippen molar-refractivity contribution in [3.8, 4) is 0 Å². The van der Waals surface area contributed by atoms with Gasteiger partial charge in [0.2, 0.25) is 0 Å². The molecule has 0 radical (unpaired) electrons. The Kier molecular flexibility index (Phi) is 10.3. The highest BCUT2D eigenvalue weighted by Gasteiger charge is 1.95. The molecule has 21 heavy (non-hydrogen) atoms. The highest BCUT2D eigenvalue weighted by molar-refractivity contribution is 5.03. The van der Waals surface area contributed by atoms with E-state index in [4.69, 9.17) is 0 Å². The minimum absolute atomic E-state index is 0. The second-order valence-corrected chi connectivity index (χ2v) is 6.02. The van der Waals surface area contributed by atoms with E-state index in [-0.39, 0.29) is 7.43 Å². The van der Waals surface area contributed by atoms with Gasteiger partial charge in [0.15, 0.2) is 0 Å². The van der Waals surface area contributed by atoms with E-state index in [0.29, 0.717) is 5.92 Å². The Bertz CT molecular complexity index is 430. The molecule has 0 saturated carbocycles. The lowest BCUT2D eigenvalue weighted by Gasteiger charge is -2.04. The normalized spacial score (nSPS) is 10.0. The minimum atomic E-state index is 0. The van der Waals surface area contributed by atoms with Gasteiger partial charge in [-0.05, 0) is 48.9 Å². The number of aryl methyl sites for hydroxylation is 1. The van der Waals surface area contributed by atoms with Gasteiger partial charge in [-0.15, -0.1) is 0 Å². The van der Waals surface area contributed by atoms with Gasteiger partial charge in [0.05, 0.1) is 0 Å². The van der Waals surface area contributed by atoms with Crippen molar-refractivity contribution in [2.45, 2.75) is 54.5 Å². The summed E-state index contributed by atoms with van der Waals surface area (Å²) in [5.41, 5.74) is 1.19. The maximum Gasteiger partial charge on any atom is 0.0406 e. The molecule has 0 aliphatic carbocycles. The van der Waals surface area contributed by atoms with Gasteiger partial charge in [0.25, 0.3) is 0 Å². The quantitative estimate of drug-likeness (QED) is 0.715. The average molecular weight is 288 g/mol. The highest BCUT2D eigenvalue weighted by atomic mass is 14.9. The molecule has 0 fully saturated rings. The lowest BCUT2D eigenvalue weighted by Crippen LogP contribution is -1.97. The summed E-state index contributed by atoms with van der Waals surface area (Å²) in [5, 5.41) is 0. The van der Waals surface area contributed by atoms with E-state index < -0.39 is 0 Å². The monoisotopic (exact) mass is 288 g/mol. The summed E-state index contributed by atoms with van der Waals surface area (Å²) in [5.74, 6) is 1.51. The molecule has 0 atom stereocenters. The van der Waals surface area contributed by atoms with Crippen LogP contribution in [0.1, 0.15) is 47.2 Å². The third kappa shape index (κ3) is 9.89. The van der Waals surface area contributed by atoms with E-state index in [9.17, 15) is 0 Å². The first-order valence-electron chi connectivity index (χ1n) is 7.58. The minimum Gasteiger partial charge on any atom is -0.354 e. The zero-order valence-corrected chi connectivity index (χ0v) is 13.3. The smallest absolute Gasteiger partial charge is 0.0406 e. The molecule has 0 saturated heterocycles. The van der Waals surface area contributed by atoms with Gasteiger partial charge in [0, 0.05) is 30.8 Å². The summed E-state index contributed by atoms with van der Waals surface area (Å²) in [6.07, 6.45) is 8.43.